The summed E-state index contributed by atoms with van der Waals surface area (Å²) in [6.45, 7) is 2.48. The number of carbonyl (C=O) groups excluding carboxylic acids is 1. The van der Waals surface area contributed by atoms with Gasteiger partial charge in [0.1, 0.15) is 11.6 Å². The number of aliphatic hydroxyl groups excluding tert-OH is 1. The van der Waals surface area contributed by atoms with Gasteiger partial charge in [-0.25, -0.2) is 4.39 Å². The molecule has 2 rings (SSSR count). The molecule has 1 fully saturated rings. The van der Waals surface area contributed by atoms with Gasteiger partial charge in [0.15, 0.2) is 0 Å². The fourth-order valence-corrected chi connectivity index (χ4v) is 2.91. The van der Waals surface area contributed by atoms with Crippen LogP contribution < -0.4 is 10.1 Å². The molecule has 1 aromatic carbocycles. The smallest absolute Gasteiger partial charge is 0.220 e. The summed E-state index contributed by atoms with van der Waals surface area (Å²) in [6, 6.07) is 6.02. The Kier molecular flexibility index (Phi) is 5.77. The van der Waals surface area contributed by atoms with E-state index in [2.05, 4.69) is 5.32 Å². The first-order valence-corrected chi connectivity index (χ1v) is 7.82. The zero-order valence-corrected chi connectivity index (χ0v) is 13.0. The van der Waals surface area contributed by atoms with Crippen LogP contribution in [0.4, 0.5) is 4.39 Å². The molecule has 122 valence electrons. The standard InChI is InChI=1S/C17H24FNO3/c1-17(12-20)9-3-7-15(17)19-16(21)8-4-10-22-14-6-2-5-13(18)11-14/h2,5-6,11,15,20H,3-4,7-10,12H2,1H3,(H,19,21). The number of benzene rings is 1. The molecule has 0 aromatic heterocycles. The zero-order valence-electron chi connectivity index (χ0n) is 13.0. The van der Waals surface area contributed by atoms with Crippen LogP contribution in [0.1, 0.15) is 39.0 Å². The minimum atomic E-state index is -0.334. The molecule has 0 radical (unpaired) electrons. The number of hydrogen-bond donors (Lipinski definition) is 2. The Hall–Kier alpha value is -1.62. The Morgan fingerprint density at radius 3 is 3.09 bits per heavy atom. The second-order valence-corrected chi connectivity index (χ2v) is 6.23. The molecule has 1 amide bonds. The van der Waals surface area contributed by atoms with Gasteiger partial charge in [-0.15, -0.1) is 0 Å². The number of carbonyl (C=O) groups is 1. The molecule has 2 atom stereocenters. The number of aliphatic hydroxyl groups is 1. The minimum Gasteiger partial charge on any atom is -0.493 e. The summed E-state index contributed by atoms with van der Waals surface area (Å²) in [5, 5.41) is 12.5. The van der Waals surface area contributed by atoms with Gasteiger partial charge in [-0.3, -0.25) is 4.79 Å². The molecule has 1 aliphatic carbocycles. The fourth-order valence-electron chi connectivity index (χ4n) is 2.91. The Labute approximate surface area is 130 Å². The predicted molar refractivity (Wildman–Crippen MR) is 82.1 cm³/mol. The van der Waals surface area contributed by atoms with Gasteiger partial charge in [-0.1, -0.05) is 19.4 Å². The monoisotopic (exact) mass is 309 g/mol. The second kappa shape index (κ2) is 7.58. The average Bonchev–Trinajstić information content (AvgIpc) is 2.85. The first-order chi connectivity index (χ1) is 10.5. The maximum atomic E-state index is 13.0. The highest BCUT2D eigenvalue weighted by Crippen LogP contribution is 2.37. The number of ether oxygens (including phenoxy) is 1. The lowest BCUT2D eigenvalue weighted by Crippen LogP contribution is -2.44. The van der Waals surface area contributed by atoms with Crippen molar-refractivity contribution in [2.75, 3.05) is 13.2 Å². The third-order valence-corrected chi connectivity index (χ3v) is 4.39. The van der Waals surface area contributed by atoms with Crippen LogP contribution >= 0.6 is 0 Å². The molecule has 0 heterocycles. The van der Waals surface area contributed by atoms with Crippen LogP contribution in [0.5, 0.6) is 5.75 Å². The first-order valence-electron chi connectivity index (χ1n) is 7.82. The summed E-state index contributed by atoms with van der Waals surface area (Å²) in [5.41, 5.74) is -0.201. The van der Waals surface area contributed by atoms with Gasteiger partial charge >= 0.3 is 0 Å². The minimum absolute atomic E-state index is 0.0191. The van der Waals surface area contributed by atoms with Crippen LogP contribution in [0, 0.1) is 11.2 Å². The van der Waals surface area contributed by atoms with E-state index < -0.39 is 0 Å². The van der Waals surface area contributed by atoms with E-state index in [4.69, 9.17) is 4.74 Å². The molecular weight excluding hydrogens is 285 g/mol. The van der Waals surface area contributed by atoms with E-state index in [9.17, 15) is 14.3 Å². The molecule has 4 nitrogen and oxygen atoms in total. The van der Waals surface area contributed by atoms with E-state index in [0.717, 1.165) is 19.3 Å². The van der Waals surface area contributed by atoms with E-state index in [-0.39, 0.29) is 29.8 Å². The second-order valence-electron chi connectivity index (χ2n) is 6.23. The number of halogens is 1. The van der Waals surface area contributed by atoms with Crippen molar-refractivity contribution >= 4 is 5.91 Å². The molecule has 5 heteroatoms. The predicted octanol–water partition coefficient (Wildman–Crippen LogP) is 2.65. The largest absolute Gasteiger partial charge is 0.493 e. The van der Waals surface area contributed by atoms with Gasteiger partial charge in [0, 0.05) is 23.9 Å². The van der Waals surface area contributed by atoms with Crippen LogP contribution in [0.3, 0.4) is 0 Å². The van der Waals surface area contributed by atoms with Gasteiger partial charge in [0.2, 0.25) is 5.91 Å². The van der Waals surface area contributed by atoms with Gasteiger partial charge in [-0.05, 0) is 31.4 Å². The molecule has 0 bridgehead atoms. The van der Waals surface area contributed by atoms with Crippen molar-refractivity contribution in [1.29, 1.82) is 0 Å². The topological polar surface area (TPSA) is 58.6 Å². The molecule has 2 N–H and O–H groups in total. The van der Waals surface area contributed by atoms with Crippen molar-refractivity contribution in [1.82, 2.24) is 5.32 Å². The summed E-state index contributed by atoms with van der Waals surface area (Å²) < 4.78 is 18.4. The molecule has 0 saturated heterocycles. The van der Waals surface area contributed by atoms with Crippen LogP contribution in [0.15, 0.2) is 24.3 Å². The van der Waals surface area contributed by atoms with E-state index in [1.54, 1.807) is 12.1 Å². The van der Waals surface area contributed by atoms with Crippen LogP contribution in [0.2, 0.25) is 0 Å². The summed E-state index contributed by atoms with van der Waals surface area (Å²) in [7, 11) is 0. The van der Waals surface area contributed by atoms with Gasteiger partial charge in [0.25, 0.3) is 0 Å². The highest BCUT2D eigenvalue weighted by Gasteiger charge is 2.38. The molecule has 2 unspecified atom stereocenters. The third kappa shape index (κ3) is 4.44. The van der Waals surface area contributed by atoms with E-state index in [1.807, 2.05) is 6.92 Å². The van der Waals surface area contributed by atoms with Crippen molar-refractivity contribution in [3.63, 3.8) is 0 Å². The van der Waals surface area contributed by atoms with E-state index in [1.165, 1.54) is 12.1 Å². The molecule has 22 heavy (non-hydrogen) atoms. The molecule has 1 saturated carbocycles. The molecular formula is C17H24FNO3. The van der Waals surface area contributed by atoms with Gasteiger partial charge in [-0.2, -0.15) is 0 Å². The molecule has 1 aromatic rings. The van der Waals surface area contributed by atoms with E-state index >= 15 is 0 Å². The van der Waals surface area contributed by atoms with Crippen LogP contribution in [-0.4, -0.2) is 30.3 Å². The van der Waals surface area contributed by atoms with Gasteiger partial charge in [0.05, 0.1) is 13.2 Å². The molecule has 1 aliphatic rings. The number of hydrogen-bond acceptors (Lipinski definition) is 3. The van der Waals surface area contributed by atoms with E-state index in [0.29, 0.717) is 25.2 Å². The number of nitrogens with one attached hydrogen (secondary N) is 1. The quantitative estimate of drug-likeness (QED) is 0.761. The SMILES string of the molecule is CC1(CO)CCCC1NC(=O)CCCOc1cccc(F)c1. The van der Waals surface area contributed by atoms with Crippen molar-refractivity contribution in [2.45, 2.75) is 45.1 Å². The average molecular weight is 309 g/mol. The fraction of sp³-hybridized carbons (Fsp3) is 0.588. The summed E-state index contributed by atoms with van der Waals surface area (Å²) in [4.78, 5) is 12.0. The van der Waals surface area contributed by atoms with Gasteiger partial charge < -0.3 is 15.2 Å². The maximum absolute atomic E-state index is 13.0. The lowest BCUT2D eigenvalue weighted by molar-refractivity contribution is -0.122. The Morgan fingerprint density at radius 1 is 1.55 bits per heavy atom. The number of rotatable bonds is 7. The number of amides is 1. The molecule has 0 spiro atoms. The Balaban J connectivity index is 1.68. The van der Waals surface area contributed by atoms with Crippen LogP contribution in [0.25, 0.3) is 0 Å². The zero-order chi connectivity index (χ0) is 16.0. The van der Waals surface area contributed by atoms with Crippen LogP contribution in [-0.2, 0) is 4.79 Å². The van der Waals surface area contributed by atoms with Crippen molar-refractivity contribution in [3.05, 3.63) is 30.1 Å². The Bertz CT molecular complexity index is 508. The summed E-state index contributed by atoms with van der Waals surface area (Å²) in [6.07, 6.45) is 3.84. The third-order valence-electron chi connectivity index (χ3n) is 4.39. The maximum Gasteiger partial charge on any atom is 0.220 e. The molecule has 0 aliphatic heterocycles. The normalized spacial score (nSPS) is 24.2. The lowest BCUT2D eigenvalue weighted by Gasteiger charge is -2.30. The summed E-state index contributed by atoms with van der Waals surface area (Å²) >= 11 is 0. The highest BCUT2D eigenvalue weighted by molar-refractivity contribution is 5.76. The Morgan fingerprint density at radius 2 is 2.36 bits per heavy atom. The highest BCUT2D eigenvalue weighted by atomic mass is 19.1. The van der Waals surface area contributed by atoms with Crippen molar-refractivity contribution in [3.8, 4) is 5.75 Å². The summed E-state index contributed by atoms with van der Waals surface area (Å²) in [5.74, 6) is 0.123. The van der Waals surface area contributed by atoms with Crippen molar-refractivity contribution < 1.29 is 19.0 Å². The van der Waals surface area contributed by atoms with Crippen molar-refractivity contribution in [2.24, 2.45) is 5.41 Å². The first kappa shape index (κ1) is 16.7. The lowest BCUT2D eigenvalue weighted by atomic mass is 9.86.